The molecule has 0 radical (unpaired) electrons. The molecule has 4 aromatic rings. The number of hydrogen-bond acceptors (Lipinski definition) is 27. The van der Waals surface area contributed by atoms with Gasteiger partial charge in [-0.15, -0.1) is 28.2 Å². The number of carbonyl (C=O) groups excluding carboxylic acids is 7. The van der Waals surface area contributed by atoms with Gasteiger partial charge in [-0.3, -0.25) is 43.8 Å². The number of nitrogens with one attached hydrogen (secondary N) is 5. The number of hydroxylamine groups is 1. The molecule has 1 amide bonds. The fourth-order valence-electron chi connectivity index (χ4n) is 9.59. The molecule has 31 heteroatoms. The average Bonchev–Trinajstić information content (AvgIpc) is 1.68. The number of nitrogens with zero attached hydrogens (tertiary/aromatic N) is 3. The van der Waals surface area contributed by atoms with E-state index >= 15 is 0 Å². The molecule has 28 nitrogen and oxygen atoms in total. The number of halogens is 2. The lowest BCUT2D eigenvalue weighted by atomic mass is 10.0. The Morgan fingerprint density at radius 3 is 1.42 bits per heavy atom. The van der Waals surface area contributed by atoms with Crippen LogP contribution in [0.15, 0.2) is 143 Å². The van der Waals surface area contributed by atoms with Crippen LogP contribution in [-0.2, 0) is 122 Å². The first-order valence-electron chi connectivity index (χ1n) is 35.6. The zero-order valence-electron chi connectivity index (χ0n) is 64.3. The predicted molar refractivity (Wildman–Crippen MR) is 437 cm³/mol. The molecule has 3 fully saturated rings. The highest BCUT2D eigenvalue weighted by Gasteiger charge is 2.34. The van der Waals surface area contributed by atoms with Crippen LogP contribution in [0.25, 0.3) is 0 Å². The van der Waals surface area contributed by atoms with Crippen LogP contribution in [0.5, 0.6) is 0 Å². The number of rotatable bonds is 33. The summed E-state index contributed by atoms with van der Waals surface area (Å²) < 4.78 is 40.5. The first kappa shape index (κ1) is 108. The summed E-state index contributed by atoms with van der Waals surface area (Å²) in [7, 11) is 2.91. The van der Waals surface area contributed by atoms with Gasteiger partial charge in [0.05, 0.1) is 70.2 Å². The van der Waals surface area contributed by atoms with Crippen LogP contribution in [-0.4, -0.2) is 192 Å². The van der Waals surface area contributed by atoms with E-state index < -0.39 is 16.0 Å². The van der Waals surface area contributed by atoms with Crippen LogP contribution >= 0.6 is 24.0 Å². The second-order valence-corrected chi connectivity index (χ2v) is 26.9. The first-order chi connectivity index (χ1) is 51.0. The number of hydrogen-bond donors (Lipinski definition) is 7. The summed E-state index contributed by atoms with van der Waals surface area (Å²) in [5.74, 6) is 3.77. The SMILES string of the molecule is C.C.C.CCOC(=O)[C@@H]1CCC(=NOCc2ccccc2)CN1.CCOC(=O)[C@@H]1CCC(=O)N1C.CCOC(=O)[C@@H]1CC[C@@H](NOCc2ccccc2)CN1.CCOC(=O)[C@H](CC/C(O)=C/[S+](C)(C)=O)NC.CCOC(=O)[C@H](CCC(CCl)=NOCc1ccccc1)NC.CCOC(C)=O.Cl.NOCc1ccccc1. The van der Waals surface area contributed by atoms with Gasteiger partial charge in [0.1, 0.15) is 71.6 Å². The fraction of sp³-hybridized carbons (Fsp3) is 0.557. The Morgan fingerprint density at radius 1 is 0.609 bits per heavy atom. The number of ether oxygens (including phenoxy) is 6. The molecule has 4 aromatic carbocycles. The number of likely N-dealkylation sites (N-methyl/N-ethyl adjacent to an activating group) is 3. The zero-order valence-corrected chi connectivity index (χ0v) is 66.6. The summed E-state index contributed by atoms with van der Waals surface area (Å²) in [4.78, 5) is 100. The van der Waals surface area contributed by atoms with E-state index in [1.54, 1.807) is 61.3 Å². The molecule has 0 spiro atoms. The van der Waals surface area contributed by atoms with Gasteiger partial charge in [0, 0.05) is 45.9 Å². The van der Waals surface area contributed by atoms with Gasteiger partial charge in [-0.1, -0.05) is 154 Å². The Hall–Kier alpha value is -7.94. The van der Waals surface area contributed by atoms with Crippen LogP contribution < -0.4 is 32.6 Å². The third-order valence-electron chi connectivity index (χ3n) is 15.0. The lowest BCUT2D eigenvalue weighted by Gasteiger charge is -2.28. The molecule has 0 unspecified atom stereocenters. The Balaban J connectivity index is -0.000000609. The van der Waals surface area contributed by atoms with Crippen molar-refractivity contribution < 1.29 is 90.6 Å². The summed E-state index contributed by atoms with van der Waals surface area (Å²) in [5.41, 5.74) is 9.05. The lowest BCUT2D eigenvalue weighted by molar-refractivity contribution is -0.150. The number of allylic oxidation sites excluding steroid dienone is 1. The third-order valence-corrected chi connectivity index (χ3v) is 16.2. The van der Waals surface area contributed by atoms with Gasteiger partial charge in [-0.25, -0.2) is 10.7 Å². The molecule has 7 rings (SSSR count). The number of amides is 1. The van der Waals surface area contributed by atoms with Crippen molar-refractivity contribution in [2.75, 3.05) is 92.3 Å². The number of benzene rings is 4. The van der Waals surface area contributed by atoms with Gasteiger partial charge < -0.3 is 64.1 Å². The summed E-state index contributed by atoms with van der Waals surface area (Å²) in [6, 6.07) is 38.2. The van der Waals surface area contributed by atoms with Crippen LogP contribution in [0.3, 0.4) is 0 Å². The number of carbonyl (C=O) groups is 7. The van der Waals surface area contributed by atoms with Crippen molar-refractivity contribution in [3.05, 3.63) is 155 Å². The Morgan fingerprint density at radius 2 is 1.05 bits per heavy atom. The van der Waals surface area contributed by atoms with Crippen molar-refractivity contribution in [3.63, 3.8) is 0 Å². The van der Waals surface area contributed by atoms with Crippen LogP contribution in [0, 0.1) is 0 Å². The zero-order chi connectivity index (χ0) is 78.8. The maximum atomic E-state index is 11.7. The smallest absolute Gasteiger partial charge is 0.328 e. The first-order valence-corrected chi connectivity index (χ1v) is 38.6. The molecule has 110 heavy (non-hydrogen) atoms. The number of alkyl halides is 1. The molecule has 0 aromatic heterocycles. The highest BCUT2D eigenvalue weighted by molar-refractivity contribution is 8.04. The minimum atomic E-state index is -2.11. The van der Waals surface area contributed by atoms with E-state index in [2.05, 4.69) is 46.6 Å². The highest BCUT2D eigenvalue weighted by atomic mass is 35.5. The van der Waals surface area contributed by atoms with Crippen LogP contribution in [0.2, 0.25) is 0 Å². The van der Waals surface area contributed by atoms with Crippen molar-refractivity contribution in [1.29, 1.82) is 0 Å². The predicted octanol–water partition coefficient (Wildman–Crippen LogP) is 11.2. The van der Waals surface area contributed by atoms with Gasteiger partial charge in [0.25, 0.3) is 0 Å². The largest absolute Gasteiger partial charge is 0.508 e. The minimum absolute atomic E-state index is 0. The average molecular weight is 1610 g/mol. The summed E-state index contributed by atoms with van der Waals surface area (Å²) in [6.07, 6.45) is 9.10. The molecule has 0 aliphatic carbocycles. The molecule has 3 aliphatic rings. The van der Waals surface area contributed by atoms with E-state index in [0.717, 1.165) is 47.2 Å². The summed E-state index contributed by atoms with van der Waals surface area (Å²) >= 11 is 5.87. The van der Waals surface area contributed by atoms with Gasteiger partial charge in [-0.2, -0.15) is 5.48 Å². The lowest BCUT2D eigenvalue weighted by Crippen LogP contribution is -2.51. The molecule has 0 bridgehead atoms. The maximum Gasteiger partial charge on any atom is 0.328 e. The van der Waals surface area contributed by atoms with Gasteiger partial charge in [0.15, 0.2) is 5.41 Å². The number of nitrogens with two attached hydrogens (primary N) is 1. The molecule has 6 atom stereocenters. The van der Waals surface area contributed by atoms with E-state index in [1.165, 1.54) is 17.2 Å². The van der Waals surface area contributed by atoms with Crippen LogP contribution in [0.1, 0.15) is 157 Å². The van der Waals surface area contributed by atoms with E-state index in [9.17, 15) is 42.9 Å². The molecular weight excluding hydrogens is 1480 g/mol. The molecule has 8 N–H and O–H groups in total. The Bertz CT molecular complexity index is 3190. The monoisotopic (exact) mass is 1610 g/mol. The van der Waals surface area contributed by atoms with Gasteiger partial charge >= 0.3 is 35.8 Å². The molecule has 624 valence electrons. The van der Waals surface area contributed by atoms with Crippen molar-refractivity contribution in [1.82, 2.24) is 31.6 Å². The minimum Gasteiger partial charge on any atom is -0.508 e. The normalized spacial score (nSPS) is 16.3. The number of aliphatic hydroxyl groups excluding tert-OH is 1. The van der Waals surface area contributed by atoms with Gasteiger partial charge in [0.2, 0.25) is 5.91 Å². The van der Waals surface area contributed by atoms with Crippen molar-refractivity contribution in [2.24, 2.45) is 16.2 Å². The topological polar surface area (TPSA) is 363 Å². The second kappa shape index (κ2) is 67.9. The highest BCUT2D eigenvalue weighted by Crippen LogP contribution is 2.18. The standard InChI is InChI=1S/C16H23ClN2O3.C15H22N2O3.C15H20N2O3.C11H21NO4S.C8H13NO3.C7H9NO.C4H8O2.3CH4.ClH/c1-3-21-16(20)15(18-2)10-9-14(11-17)19-22-12-13-7-5-4-6-8-13;2*1-2-19-15(18)14-9-8-13(10-16-14)17-20-11-12-6-4-3-5-7-12;1-5-16-11(14)10(12-2)7-6-9(13)8-17(3,4)15;1-3-12-8(11)6-4-5-7(10)9(6)2;8-9-6-7-4-2-1-3-5-7;1-3-6-4(2)5;;;;/h4-8,15,18H,3,9-12H2,1-2H3;3-7,13-14,16-17H,2,8-11H2,1H3;3-7,14,16H,2,8-11H2,1H3;8,10,12H,5-7H2,1-4H3;6H,3-5H2,1-2H3;1-5H,6,8H2;3H2,1-2H3;3*1H4;1H/p+1/t15-;13-,14+;14-;10-;6-;;;;;;/m01000....../s1. The Kier molecular flexibility index (Phi) is 66.9. The number of aliphatic hydroxyl groups is 1. The number of oxime groups is 2. The third kappa shape index (κ3) is 52.3. The molecule has 3 heterocycles. The maximum absolute atomic E-state index is 11.7. The molecule has 3 saturated heterocycles. The van der Waals surface area contributed by atoms with Crippen molar-refractivity contribution in [3.8, 4) is 0 Å². The number of likely N-dealkylation sites (tertiary alicyclic amines) is 1. The van der Waals surface area contributed by atoms with Gasteiger partial charge in [-0.05, 0) is 129 Å². The summed E-state index contributed by atoms with van der Waals surface area (Å²) in [6.45, 7) is 17.6. The fourth-order valence-corrected chi connectivity index (χ4v) is 10.5. The molecule has 3 aliphatic heterocycles. The van der Waals surface area contributed by atoms with Crippen LogP contribution in [0.4, 0.5) is 0 Å². The number of piperidine rings is 2. The van der Waals surface area contributed by atoms with E-state index in [0.29, 0.717) is 130 Å². The van der Waals surface area contributed by atoms with E-state index in [4.69, 9.17) is 55.7 Å². The van der Waals surface area contributed by atoms with Crippen molar-refractivity contribution in [2.45, 2.75) is 198 Å². The molecular formula is C79H130Cl2N9O19S+. The molecule has 0 saturated carbocycles. The van der Waals surface area contributed by atoms with E-state index in [1.807, 2.05) is 135 Å². The quantitative estimate of drug-likeness (QED) is 0.00443. The number of esters is 6. The van der Waals surface area contributed by atoms with E-state index in [-0.39, 0.29) is 118 Å². The summed E-state index contributed by atoms with van der Waals surface area (Å²) in [5, 5.41) is 31.1. The Labute approximate surface area is 666 Å². The second-order valence-electron chi connectivity index (χ2n) is 23.8. The van der Waals surface area contributed by atoms with Crippen molar-refractivity contribution >= 4 is 87.1 Å².